The Kier molecular flexibility index (Phi) is 4.49. The van der Waals surface area contributed by atoms with E-state index in [2.05, 4.69) is 34.0 Å². The van der Waals surface area contributed by atoms with Gasteiger partial charge >= 0.3 is 0 Å². The second-order valence-electron chi connectivity index (χ2n) is 4.83. The summed E-state index contributed by atoms with van der Waals surface area (Å²) in [6.07, 6.45) is 0.888. The number of carbonyl (C=O) groups is 1. The number of benzene rings is 2. The van der Waals surface area contributed by atoms with Gasteiger partial charge in [-0.3, -0.25) is 4.79 Å². The summed E-state index contributed by atoms with van der Waals surface area (Å²) in [6, 6.07) is 12.4. The van der Waals surface area contributed by atoms with Crippen molar-refractivity contribution in [1.29, 1.82) is 0 Å². The van der Waals surface area contributed by atoms with Crippen LogP contribution >= 0.6 is 34.4 Å². The Morgan fingerprint density at radius 1 is 1.29 bits per heavy atom. The number of hydrogen-bond donors (Lipinski definition) is 1. The van der Waals surface area contributed by atoms with Gasteiger partial charge in [-0.15, -0.1) is 11.8 Å². The van der Waals surface area contributed by atoms with Gasteiger partial charge in [0.15, 0.2) is 0 Å². The minimum absolute atomic E-state index is 0.00554. The SMILES string of the molecule is O=C(NC1CCSc2ccccc21)c1cc(F)ccc1I. The van der Waals surface area contributed by atoms with Crippen LogP contribution in [0.15, 0.2) is 47.4 Å². The van der Waals surface area contributed by atoms with Gasteiger partial charge in [-0.2, -0.15) is 0 Å². The maximum Gasteiger partial charge on any atom is 0.252 e. The molecular formula is C16H13FINOS. The van der Waals surface area contributed by atoms with E-state index >= 15 is 0 Å². The van der Waals surface area contributed by atoms with Gasteiger partial charge in [0.25, 0.3) is 5.91 Å². The number of hydrogen-bond acceptors (Lipinski definition) is 2. The molecule has 0 fully saturated rings. The fraction of sp³-hybridized carbons (Fsp3) is 0.188. The molecule has 1 aliphatic heterocycles. The van der Waals surface area contributed by atoms with Crippen LogP contribution in [0.25, 0.3) is 0 Å². The van der Waals surface area contributed by atoms with E-state index in [0.717, 1.165) is 21.3 Å². The fourth-order valence-electron chi connectivity index (χ4n) is 2.40. The monoisotopic (exact) mass is 413 g/mol. The number of nitrogens with one attached hydrogen (secondary N) is 1. The van der Waals surface area contributed by atoms with Gasteiger partial charge in [0.2, 0.25) is 0 Å². The van der Waals surface area contributed by atoms with Crippen LogP contribution in [0.3, 0.4) is 0 Å². The van der Waals surface area contributed by atoms with E-state index < -0.39 is 0 Å². The Hall–Kier alpha value is -1.08. The van der Waals surface area contributed by atoms with E-state index in [9.17, 15) is 9.18 Å². The molecule has 3 rings (SSSR count). The standard InChI is InChI=1S/C16H13FINOS/c17-10-5-6-13(18)12(9-10)16(20)19-14-7-8-21-15-4-2-1-3-11(14)15/h1-6,9,14H,7-8H2,(H,19,20). The zero-order valence-electron chi connectivity index (χ0n) is 11.1. The Bertz CT molecular complexity index is 692. The second kappa shape index (κ2) is 6.36. The maximum atomic E-state index is 13.3. The average Bonchev–Trinajstić information content (AvgIpc) is 2.50. The van der Waals surface area contributed by atoms with Crippen molar-refractivity contribution in [3.8, 4) is 0 Å². The highest BCUT2D eigenvalue weighted by Crippen LogP contribution is 2.36. The van der Waals surface area contributed by atoms with E-state index in [0.29, 0.717) is 5.56 Å². The van der Waals surface area contributed by atoms with E-state index in [1.807, 2.05) is 30.0 Å². The minimum Gasteiger partial charge on any atom is -0.345 e. The molecule has 1 aliphatic rings. The van der Waals surface area contributed by atoms with Crippen molar-refractivity contribution in [3.05, 3.63) is 63.0 Å². The third kappa shape index (κ3) is 3.23. The first kappa shape index (κ1) is 14.8. The fourth-order valence-corrected chi connectivity index (χ4v) is 4.11. The van der Waals surface area contributed by atoms with Gasteiger partial charge < -0.3 is 5.32 Å². The van der Waals surface area contributed by atoms with Crippen molar-refractivity contribution in [2.24, 2.45) is 0 Å². The largest absolute Gasteiger partial charge is 0.345 e. The van der Waals surface area contributed by atoms with Gasteiger partial charge in [0.1, 0.15) is 5.82 Å². The minimum atomic E-state index is -0.389. The molecule has 0 aromatic heterocycles. The summed E-state index contributed by atoms with van der Waals surface area (Å²) < 4.78 is 14.1. The van der Waals surface area contributed by atoms with Crippen molar-refractivity contribution in [2.75, 3.05) is 5.75 Å². The molecule has 21 heavy (non-hydrogen) atoms. The van der Waals surface area contributed by atoms with Crippen molar-refractivity contribution < 1.29 is 9.18 Å². The molecule has 1 heterocycles. The molecule has 1 unspecified atom stereocenters. The molecule has 108 valence electrons. The normalized spacial score (nSPS) is 17.1. The number of fused-ring (bicyclic) bond motifs is 1. The lowest BCUT2D eigenvalue weighted by molar-refractivity contribution is 0.0933. The smallest absolute Gasteiger partial charge is 0.252 e. The molecule has 1 N–H and O–H groups in total. The van der Waals surface area contributed by atoms with Crippen LogP contribution < -0.4 is 5.32 Å². The van der Waals surface area contributed by atoms with Crippen LogP contribution in [0, 0.1) is 9.39 Å². The van der Waals surface area contributed by atoms with Crippen molar-refractivity contribution >= 4 is 40.3 Å². The molecule has 0 saturated carbocycles. The molecule has 0 radical (unpaired) electrons. The highest BCUT2D eigenvalue weighted by molar-refractivity contribution is 14.1. The molecule has 2 nitrogen and oxygen atoms in total. The van der Waals surface area contributed by atoms with Crippen LogP contribution in [0.2, 0.25) is 0 Å². The molecule has 2 aromatic carbocycles. The van der Waals surface area contributed by atoms with Gasteiger partial charge in [-0.1, -0.05) is 18.2 Å². The first-order valence-electron chi connectivity index (χ1n) is 6.63. The van der Waals surface area contributed by atoms with Crippen molar-refractivity contribution in [2.45, 2.75) is 17.4 Å². The third-order valence-corrected chi connectivity index (χ3v) is 5.50. The summed E-state index contributed by atoms with van der Waals surface area (Å²) in [5.74, 6) is 0.369. The number of amides is 1. The van der Waals surface area contributed by atoms with Crippen LogP contribution in [-0.2, 0) is 0 Å². The average molecular weight is 413 g/mol. The number of thioether (sulfide) groups is 1. The predicted molar refractivity (Wildman–Crippen MR) is 91.1 cm³/mol. The molecule has 0 aliphatic carbocycles. The molecule has 5 heteroatoms. The first-order chi connectivity index (χ1) is 10.1. The van der Waals surface area contributed by atoms with Crippen molar-refractivity contribution in [1.82, 2.24) is 5.32 Å². The third-order valence-electron chi connectivity index (χ3n) is 3.44. The molecule has 1 atom stereocenters. The number of carbonyl (C=O) groups excluding carboxylic acids is 1. The lowest BCUT2D eigenvalue weighted by atomic mass is 10.0. The summed E-state index contributed by atoms with van der Waals surface area (Å²) in [5.41, 5.74) is 1.54. The van der Waals surface area contributed by atoms with Crippen LogP contribution in [0.4, 0.5) is 4.39 Å². The second-order valence-corrected chi connectivity index (χ2v) is 7.12. The Morgan fingerprint density at radius 3 is 2.95 bits per heavy atom. The maximum absolute atomic E-state index is 13.3. The highest BCUT2D eigenvalue weighted by Gasteiger charge is 2.23. The summed E-state index contributed by atoms with van der Waals surface area (Å²) in [5, 5.41) is 3.04. The van der Waals surface area contributed by atoms with E-state index in [1.54, 1.807) is 6.07 Å². The van der Waals surface area contributed by atoms with Gasteiger partial charge in [0, 0.05) is 14.2 Å². The van der Waals surface area contributed by atoms with Crippen molar-refractivity contribution in [3.63, 3.8) is 0 Å². The van der Waals surface area contributed by atoms with Crippen LogP contribution in [-0.4, -0.2) is 11.7 Å². The molecule has 0 saturated heterocycles. The van der Waals surface area contributed by atoms with Crippen LogP contribution in [0.1, 0.15) is 28.4 Å². The first-order valence-corrected chi connectivity index (χ1v) is 8.69. The molecule has 0 spiro atoms. The Labute approximate surface area is 140 Å². The number of rotatable bonds is 2. The number of halogens is 2. The van der Waals surface area contributed by atoms with E-state index in [-0.39, 0.29) is 17.8 Å². The summed E-state index contributed by atoms with van der Waals surface area (Å²) >= 11 is 3.86. The topological polar surface area (TPSA) is 29.1 Å². The van der Waals surface area contributed by atoms with Gasteiger partial charge in [0.05, 0.1) is 11.6 Å². The van der Waals surface area contributed by atoms with E-state index in [4.69, 9.17) is 0 Å². The van der Waals surface area contributed by atoms with Crippen LogP contribution in [0.5, 0.6) is 0 Å². The molecule has 0 bridgehead atoms. The summed E-state index contributed by atoms with van der Waals surface area (Å²) in [4.78, 5) is 13.6. The molecular weight excluding hydrogens is 400 g/mol. The lowest BCUT2D eigenvalue weighted by Crippen LogP contribution is -2.31. The zero-order valence-corrected chi connectivity index (χ0v) is 14.1. The van der Waals surface area contributed by atoms with Gasteiger partial charge in [-0.25, -0.2) is 4.39 Å². The predicted octanol–water partition coefficient (Wildman–Crippen LogP) is 4.40. The summed E-state index contributed by atoms with van der Waals surface area (Å²) in [6.45, 7) is 0. The summed E-state index contributed by atoms with van der Waals surface area (Å²) in [7, 11) is 0. The lowest BCUT2D eigenvalue weighted by Gasteiger charge is -2.26. The Balaban J connectivity index is 1.84. The highest BCUT2D eigenvalue weighted by atomic mass is 127. The van der Waals surface area contributed by atoms with Gasteiger partial charge in [-0.05, 0) is 58.8 Å². The quantitative estimate of drug-likeness (QED) is 0.740. The molecule has 2 aromatic rings. The van der Waals surface area contributed by atoms with E-state index in [1.165, 1.54) is 17.0 Å². The zero-order chi connectivity index (χ0) is 14.8. The molecule has 1 amide bonds. The Morgan fingerprint density at radius 2 is 2.10 bits per heavy atom.